The number of nitrogens with two attached hydrogens (primary N) is 3. The van der Waals surface area contributed by atoms with Crippen molar-refractivity contribution >= 4 is 34.4 Å². The number of nitrogen functional groups attached to an aromatic ring is 1. The topological polar surface area (TPSA) is 129 Å². The number of amides is 2. The fourth-order valence-electron chi connectivity index (χ4n) is 3.69. The van der Waals surface area contributed by atoms with Gasteiger partial charge in [-0.25, -0.2) is 0 Å². The summed E-state index contributed by atoms with van der Waals surface area (Å²) in [6.45, 7) is 2.09. The van der Waals surface area contributed by atoms with Crippen LogP contribution in [0.1, 0.15) is 57.3 Å². The Morgan fingerprint density at radius 1 is 1.31 bits per heavy atom. The van der Waals surface area contributed by atoms with Crippen LogP contribution in [0.4, 0.5) is 5.00 Å². The highest BCUT2D eigenvalue weighted by molar-refractivity contribution is 7.18. The number of anilines is 1. The van der Waals surface area contributed by atoms with Crippen molar-refractivity contribution in [3.8, 4) is 0 Å². The van der Waals surface area contributed by atoms with Gasteiger partial charge >= 0.3 is 0 Å². The van der Waals surface area contributed by atoms with Crippen LogP contribution in [-0.4, -0.2) is 18.1 Å². The fraction of sp³-hybridized carbons (Fsp3) is 0.316. The molecule has 1 unspecified atom stereocenters. The maximum absolute atomic E-state index is 13.3. The molecule has 0 fully saturated rings. The van der Waals surface area contributed by atoms with Gasteiger partial charge < -0.3 is 17.2 Å². The lowest BCUT2D eigenvalue weighted by atomic mass is 9.66. The van der Waals surface area contributed by atoms with E-state index in [4.69, 9.17) is 16.3 Å². The average molecular weight is 373 g/mol. The first-order valence-electron chi connectivity index (χ1n) is 8.39. The lowest BCUT2D eigenvalue weighted by molar-refractivity contribution is -0.106. The van der Waals surface area contributed by atoms with Crippen molar-refractivity contribution in [3.05, 3.63) is 51.9 Å². The number of primary amides is 2. The van der Waals surface area contributed by atoms with Crippen LogP contribution in [0.5, 0.6) is 0 Å². The van der Waals surface area contributed by atoms with Gasteiger partial charge in [-0.1, -0.05) is 43.7 Å². The van der Waals surface area contributed by atoms with E-state index in [1.807, 2.05) is 30.3 Å². The fourth-order valence-corrected chi connectivity index (χ4v) is 4.85. The van der Waals surface area contributed by atoms with E-state index in [-0.39, 0.29) is 12.2 Å². The zero-order chi connectivity index (χ0) is 19.3. The number of rotatable bonds is 4. The van der Waals surface area contributed by atoms with E-state index in [9.17, 15) is 9.59 Å². The van der Waals surface area contributed by atoms with Crippen LogP contribution in [0.2, 0.25) is 0 Å². The Kier molecular flexibility index (Phi) is 6.15. The van der Waals surface area contributed by atoms with E-state index in [0.29, 0.717) is 28.3 Å². The van der Waals surface area contributed by atoms with Crippen LogP contribution in [0.15, 0.2) is 30.3 Å². The van der Waals surface area contributed by atoms with Crippen LogP contribution >= 0.6 is 11.3 Å². The molecule has 1 heterocycles. The predicted molar refractivity (Wildman–Crippen MR) is 103 cm³/mol. The summed E-state index contributed by atoms with van der Waals surface area (Å²) in [5.41, 5.74) is 17.2. The van der Waals surface area contributed by atoms with Crippen molar-refractivity contribution in [3.63, 3.8) is 0 Å². The van der Waals surface area contributed by atoms with Crippen molar-refractivity contribution in [1.82, 2.24) is 0 Å². The first-order chi connectivity index (χ1) is 12.4. The Morgan fingerprint density at radius 2 is 1.92 bits per heavy atom. The Hall–Kier alpha value is -2.67. The summed E-state index contributed by atoms with van der Waals surface area (Å²) in [6.07, 6.45) is 3.30. The zero-order valence-electron chi connectivity index (χ0n) is 14.7. The summed E-state index contributed by atoms with van der Waals surface area (Å²) < 4.78 is 0. The molecule has 6 N–H and O–H groups in total. The maximum Gasteiger partial charge on any atom is 0.251 e. The molecule has 0 aliphatic heterocycles. The molecule has 7 heteroatoms. The normalized spacial score (nSPS) is 18.4. The van der Waals surface area contributed by atoms with Crippen molar-refractivity contribution in [1.29, 1.82) is 0 Å². The van der Waals surface area contributed by atoms with Gasteiger partial charge in [0.25, 0.3) is 5.91 Å². The third kappa shape index (κ3) is 3.35. The van der Waals surface area contributed by atoms with Gasteiger partial charge in [-0.2, -0.15) is 0 Å². The van der Waals surface area contributed by atoms with Crippen LogP contribution < -0.4 is 17.2 Å². The molecule has 0 radical (unpaired) electrons. The van der Waals surface area contributed by atoms with E-state index in [1.54, 1.807) is 0 Å². The number of hydrogen-bond donors (Lipinski definition) is 3. The van der Waals surface area contributed by atoms with Gasteiger partial charge in [0.05, 0.1) is 20.9 Å². The highest BCUT2D eigenvalue weighted by atomic mass is 32.1. The monoisotopic (exact) mass is 373 g/mol. The molecule has 6 nitrogen and oxygen atoms in total. The van der Waals surface area contributed by atoms with Crippen LogP contribution in [0.3, 0.4) is 0 Å². The summed E-state index contributed by atoms with van der Waals surface area (Å²) in [5, 5.41) is 0.358. The standard InChI is InChI=1S/C18H20N2O2S.CH3NO/c1-2-9-18(11-6-4-3-5-7-11)10-8-12-13(16(19)22)17(20)23-14(12)15(18)21;2-1-3/h3-7H,2,8-10,20H2,1H3,(H2,19,22);1H,(H2,2,3). The lowest BCUT2D eigenvalue weighted by Gasteiger charge is -2.36. The van der Waals surface area contributed by atoms with E-state index in [1.165, 1.54) is 11.3 Å². The molecule has 2 amide bonds. The van der Waals surface area contributed by atoms with E-state index < -0.39 is 11.3 Å². The second kappa shape index (κ2) is 8.14. The molecule has 1 aromatic heterocycles. The molecule has 2 aromatic rings. The van der Waals surface area contributed by atoms with Gasteiger partial charge in [-0.05, 0) is 30.4 Å². The number of benzene rings is 1. The minimum Gasteiger partial charge on any atom is -0.390 e. The van der Waals surface area contributed by atoms with Gasteiger partial charge in [0, 0.05) is 0 Å². The van der Waals surface area contributed by atoms with Crippen LogP contribution in [-0.2, 0) is 16.6 Å². The molecule has 1 aromatic carbocycles. The summed E-state index contributed by atoms with van der Waals surface area (Å²) in [4.78, 5) is 34.2. The number of thiophene rings is 1. The van der Waals surface area contributed by atoms with Crippen molar-refractivity contribution in [2.75, 3.05) is 5.73 Å². The molecule has 1 atom stereocenters. The van der Waals surface area contributed by atoms with Crippen molar-refractivity contribution in [2.24, 2.45) is 11.5 Å². The van der Waals surface area contributed by atoms with Crippen LogP contribution in [0, 0.1) is 0 Å². The van der Waals surface area contributed by atoms with Gasteiger partial charge in [0.15, 0.2) is 5.78 Å². The molecular formula is C19H23N3O3S. The SMILES string of the molecule is CCCC1(c2ccccc2)CCc2c(sc(N)c2C(N)=O)C1=O.NC=O. The molecule has 138 valence electrons. The summed E-state index contributed by atoms with van der Waals surface area (Å²) in [7, 11) is 0. The predicted octanol–water partition coefficient (Wildman–Crippen LogP) is 2.40. The first-order valence-corrected chi connectivity index (χ1v) is 9.21. The van der Waals surface area contributed by atoms with Crippen LogP contribution in [0.25, 0.3) is 0 Å². The summed E-state index contributed by atoms with van der Waals surface area (Å²) in [5.74, 6) is -0.466. The molecule has 0 bridgehead atoms. The Morgan fingerprint density at radius 3 is 2.46 bits per heavy atom. The number of carbonyl (C=O) groups excluding carboxylic acids is 3. The largest absolute Gasteiger partial charge is 0.390 e. The van der Waals surface area contributed by atoms with Crippen molar-refractivity contribution < 1.29 is 14.4 Å². The number of carbonyl (C=O) groups is 3. The molecular weight excluding hydrogens is 350 g/mol. The quantitative estimate of drug-likeness (QED) is 0.710. The number of Topliss-reactive ketones (excluding diaryl/α,β-unsaturated/α-hetero) is 1. The zero-order valence-corrected chi connectivity index (χ0v) is 15.5. The number of hydrogen-bond acceptors (Lipinski definition) is 5. The highest BCUT2D eigenvalue weighted by Crippen LogP contribution is 2.46. The van der Waals surface area contributed by atoms with E-state index in [2.05, 4.69) is 12.7 Å². The second-order valence-electron chi connectivity index (χ2n) is 6.18. The smallest absolute Gasteiger partial charge is 0.251 e. The molecule has 26 heavy (non-hydrogen) atoms. The molecule has 0 saturated heterocycles. The average Bonchev–Trinajstić information content (AvgIpc) is 2.96. The maximum atomic E-state index is 13.3. The Labute approximate surface area is 156 Å². The number of ketones is 1. The van der Waals surface area contributed by atoms with Gasteiger partial charge in [0.2, 0.25) is 6.41 Å². The van der Waals surface area contributed by atoms with E-state index >= 15 is 0 Å². The highest BCUT2D eigenvalue weighted by Gasteiger charge is 2.45. The summed E-state index contributed by atoms with van der Waals surface area (Å²) in [6, 6.07) is 9.92. The number of fused-ring (bicyclic) bond motifs is 1. The minimum absolute atomic E-state index is 0.0796. The third-order valence-electron chi connectivity index (χ3n) is 4.73. The molecule has 0 saturated carbocycles. The van der Waals surface area contributed by atoms with Gasteiger partial charge in [0.1, 0.15) is 0 Å². The molecule has 3 rings (SSSR count). The summed E-state index contributed by atoms with van der Waals surface area (Å²) >= 11 is 1.20. The molecule has 1 aliphatic rings. The first kappa shape index (κ1) is 19.7. The van der Waals surface area contributed by atoms with Crippen molar-refractivity contribution in [2.45, 2.75) is 38.0 Å². The molecule has 1 aliphatic carbocycles. The third-order valence-corrected chi connectivity index (χ3v) is 5.79. The Bertz CT molecular complexity index is 817. The Balaban J connectivity index is 0.000000758. The molecule has 0 spiro atoms. The van der Waals surface area contributed by atoms with E-state index in [0.717, 1.165) is 24.0 Å². The van der Waals surface area contributed by atoms with Gasteiger partial charge in [-0.3, -0.25) is 14.4 Å². The minimum atomic E-state index is -0.546. The van der Waals surface area contributed by atoms with Gasteiger partial charge in [-0.15, -0.1) is 11.3 Å². The second-order valence-corrected chi connectivity index (χ2v) is 7.23. The lowest BCUT2D eigenvalue weighted by Crippen LogP contribution is -2.40.